The van der Waals surface area contributed by atoms with Crippen molar-refractivity contribution in [3.63, 3.8) is 0 Å². The molecule has 3 unspecified atom stereocenters. The highest BCUT2D eigenvalue weighted by atomic mass is 16.6. The average Bonchev–Trinajstić information content (AvgIpc) is 3.19. The van der Waals surface area contributed by atoms with Gasteiger partial charge in [-0.3, -0.25) is 0 Å². The van der Waals surface area contributed by atoms with E-state index in [4.69, 9.17) is 18.9 Å². The van der Waals surface area contributed by atoms with Gasteiger partial charge in [-0.25, -0.2) is 4.79 Å². The molecule has 0 heterocycles. The Balaban J connectivity index is 1.27. The highest BCUT2D eigenvalue weighted by molar-refractivity contribution is 5.76. The SMILES string of the molecule is CCOC(=O)C(Cc1ccc(OCCOC2c3ccccc3C=Cc3ccc(C(C)c4ccccc4)cc32)cc1)OC. The van der Waals surface area contributed by atoms with E-state index < -0.39 is 6.10 Å². The second-order valence-electron chi connectivity index (χ2n) is 10.4. The van der Waals surface area contributed by atoms with Gasteiger partial charge in [-0.15, -0.1) is 0 Å². The number of esters is 1. The second-order valence-corrected chi connectivity index (χ2v) is 10.4. The zero-order valence-electron chi connectivity index (χ0n) is 24.5. The van der Waals surface area contributed by atoms with E-state index >= 15 is 0 Å². The largest absolute Gasteiger partial charge is 0.491 e. The van der Waals surface area contributed by atoms with Crippen molar-refractivity contribution in [2.24, 2.45) is 0 Å². The molecular formula is C37H38O5. The van der Waals surface area contributed by atoms with E-state index in [0.29, 0.717) is 26.2 Å². The molecule has 5 rings (SSSR count). The number of carbonyl (C=O) groups is 1. The van der Waals surface area contributed by atoms with Crippen LogP contribution in [0.5, 0.6) is 5.75 Å². The minimum absolute atomic E-state index is 0.214. The van der Waals surface area contributed by atoms with Crippen molar-refractivity contribution in [1.29, 1.82) is 0 Å². The molecule has 0 bridgehead atoms. The van der Waals surface area contributed by atoms with Crippen LogP contribution in [0.2, 0.25) is 0 Å². The van der Waals surface area contributed by atoms with Gasteiger partial charge in [0.2, 0.25) is 0 Å². The van der Waals surface area contributed by atoms with Crippen molar-refractivity contribution in [2.75, 3.05) is 26.9 Å². The highest BCUT2D eigenvalue weighted by Crippen LogP contribution is 2.37. The summed E-state index contributed by atoms with van der Waals surface area (Å²) in [6, 6.07) is 33.4. The Morgan fingerprint density at radius 3 is 2.24 bits per heavy atom. The molecule has 5 heteroatoms. The van der Waals surface area contributed by atoms with Crippen LogP contribution >= 0.6 is 0 Å². The van der Waals surface area contributed by atoms with Crippen LogP contribution in [0.1, 0.15) is 64.8 Å². The van der Waals surface area contributed by atoms with E-state index in [1.165, 1.54) is 18.2 Å². The molecule has 216 valence electrons. The Labute approximate surface area is 248 Å². The fraction of sp³-hybridized carbons (Fsp3) is 0.270. The number of rotatable bonds is 12. The van der Waals surface area contributed by atoms with Gasteiger partial charge in [-0.05, 0) is 58.0 Å². The summed E-state index contributed by atoms with van der Waals surface area (Å²) < 4.78 is 23.0. The number of hydrogen-bond donors (Lipinski definition) is 0. The molecular weight excluding hydrogens is 524 g/mol. The molecule has 0 fully saturated rings. The molecule has 4 aromatic carbocycles. The van der Waals surface area contributed by atoms with E-state index in [1.54, 1.807) is 6.92 Å². The van der Waals surface area contributed by atoms with Gasteiger partial charge < -0.3 is 18.9 Å². The van der Waals surface area contributed by atoms with Crippen molar-refractivity contribution in [1.82, 2.24) is 0 Å². The number of benzene rings is 4. The van der Waals surface area contributed by atoms with Crippen molar-refractivity contribution < 1.29 is 23.7 Å². The summed E-state index contributed by atoms with van der Waals surface area (Å²) in [5, 5.41) is 0. The first-order valence-corrected chi connectivity index (χ1v) is 14.6. The third kappa shape index (κ3) is 6.99. The quantitative estimate of drug-likeness (QED) is 0.131. The minimum atomic E-state index is -0.624. The number of hydrogen-bond acceptors (Lipinski definition) is 5. The van der Waals surface area contributed by atoms with Gasteiger partial charge in [0.05, 0.1) is 13.2 Å². The van der Waals surface area contributed by atoms with Gasteiger partial charge in [0.1, 0.15) is 18.5 Å². The first-order chi connectivity index (χ1) is 20.6. The monoisotopic (exact) mass is 562 g/mol. The minimum Gasteiger partial charge on any atom is -0.491 e. The lowest BCUT2D eigenvalue weighted by molar-refractivity contribution is -0.154. The summed E-state index contributed by atoms with van der Waals surface area (Å²) in [6.07, 6.45) is 3.96. The maximum Gasteiger partial charge on any atom is 0.335 e. The van der Waals surface area contributed by atoms with Crippen LogP contribution in [-0.4, -0.2) is 39.0 Å². The van der Waals surface area contributed by atoms with Crippen molar-refractivity contribution >= 4 is 18.1 Å². The first kappa shape index (κ1) is 29.3. The van der Waals surface area contributed by atoms with Crippen molar-refractivity contribution in [3.05, 3.63) is 136 Å². The molecule has 1 aliphatic carbocycles. The first-order valence-electron chi connectivity index (χ1n) is 14.6. The molecule has 0 aliphatic heterocycles. The lowest BCUT2D eigenvalue weighted by atomic mass is 9.88. The van der Waals surface area contributed by atoms with Crippen LogP contribution in [0.25, 0.3) is 12.2 Å². The summed E-state index contributed by atoms with van der Waals surface area (Å²) in [6.45, 7) is 5.20. The van der Waals surface area contributed by atoms with Crippen molar-refractivity contribution in [2.45, 2.75) is 38.4 Å². The summed E-state index contributed by atoms with van der Waals surface area (Å²) in [5.74, 6) is 0.660. The number of ether oxygens (including phenoxy) is 4. The standard InChI is InChI=1S/C37H38O5/c1-4-40-37(38)35(39-3)24-27-14-20-32(21-15-27)41-22-23-42-36-33-13-9-8-12-29(33)16-17-30-18-19-31(25-34(30)36)26(2)28-10-6-5-7-11-28/h5-21,25-26,35-36H,4,22-24H2,1-3H3. The predicted molar refractivity (Wildman–Crippen MR) is 167 cm³/mol. The van der Waals surface area contributed by atoms with E-state index in [-0.39, 0.29) is 18.0 Å². The Bertz CT molecular complexity index is 1490. The Morgan fingerprint density at radius 2 is 1.50 bits per heavy atom. The highest BCUT2D eigenvalue weighted by Gasteiger charge is 2.24. The maximum absolute atomic E-state index is 12.1. The van der Waals surface area contributed by atoms with Crippen LogP contribution in [0.4, 0.5) is 0 Å². The van der Waals surface area contributed by atoms with Crippen molar-refractivity contribution in [3.8, 4) is 5.75 Å². The molecule has 5 nitrogen and oxygen atoms in total. The molecule has 0 aromatic heterocycles. The summed E-state index contributed by atoms with van der Waals surface area (Å²) in [4.78, 5) is 12.1. The molecule has 42 heavy (non-hydrogen) atoms. The Morgan fingerprint density at radius 1 is 0.786 bits per heavy atom. The molecule has 0 saturated carbocycles. The molecule has 4 aromatic rings. The smallest absolute Gasteiger partial charge is 0.335 e. The average molecular weight is 563 g/mol. The van der Waals surface area contributed by atoms with Gasteiger partial charge in [0.25, 0.3) is 0 Å². The lowest BCUT2D eigenvalue weighted by Gasteiger charge is -2.23. The Kier molecular flexibility index (Phi) is 9.86. The third-order valence-corrected chi connectivity index (χ3v) is 7.73. The van der Waals surface area contributed by atoms with E-state index in [0.717, 1.165) is 33.6 Å². The van der Waals surface area contributed by atoms with Crippen LogP contribution in [0, 0.1) is 0 Å². The molecule has 0 saturated heterocycles. The van der Waals surface area contributed by atoms with E-state index in [1.807, 2.05) is 24.3 Å². The molecule has 0 N–H and O–H groups in total. The molecule has 1 aliphatic rings. The van der Waals surface area contributed by atoms with Crippen LogP contribution in [-0.2, 0) is 25.4 Å². The normalized spacial score (nSPS) is 15.2. The molecule has 3 atom stereocenters. The topological polar surface area (TPSA) is 54.0 Å². The maximum atomic E-state index is 12.1. The number of methoxy groups -OCH3 is 1. The van der Waals surface area contributed by atoms with Crippen LogP contribution < -0.4 is 4.74 Å². The summed E-state index contributed by atoms with van der Waals surface area (Å²) >= 11 is 0. The van der Waals surface area contributed by atoms with Crippen LogP contribution in [0.3, 0.4) is 0 Å². The zero-order chi connectivity index (χ0) is 29.3. The van der Waals surface area contributed by atoms with Gasteiger partial charge in [0, 0.05) is 19.4 Å². The molecule has 0 spiro atoms. The van der Waals surface area contributed by atoms with Crippen LogP contribution in [0.15, 0.2) is 97.1 Å². The van der Waals surface area contributed by atoms with Gasteiger partial charge >= 0.3 is 5.97 Å². The lowest BCUT2D eigenvalue weighted by Crippen LogP contribution is -2.27. The second kappa shape index (κ2) is 14.1. The predicted octanol–water partition coefficient (Wildman–Crippen LogP) is 7.63. The van der Waals surface area contributed by atoms with Gasteiger partial charge in [-0.1, -0.05) is 104 Å². The fourth-order valence-corrected chi connectivity index (χ4v) is 5.36. The van der Waals surface area contributed by atoms with E-state index in [2.05, 4.69) is 91.9 Å². The van der Waals surface area contributed by atoms with E-state index in [9.17, 15) is 4.79 Å². The molecule has 0 radical (unpaired) electrons. The molecule has 0 amide bonds. The summed E-state index contributed by atoms with van der Waals surface area (Å²) in [5.41, 5.74) is 8.15. The third-order valence-electron chi connectivity index (χ3n) is 7.73. The van der Waals surface area contributed by atoms with Gasteiger partial charge in [0.15, 0.2) is 6.10 Å². The summed E-state index contributed by atoms with van der Waals surface area (Å²) in [7, 11) is 1.52. The van der Waals surface area contributed by atoms with Gasteiger partial charge in [-0.2, -0.15) is 0 Å². The fourth-order valence-electron chi connectivity index (χ4n) is 5.36. The number of carbonyl (C=O) groups excluding carboxylic acids is 1. The Hall–Kier alpha value is -4.19. The zero-order valence-corrected chi connectivity index (χ0v) is 24.5. The number of fused-ring (bicyclic) bond motifs is 2.